The van der Waals surface area contributed by atoms with Crippen LogP contribution in [0.4, 0.5) is 0 Å². The van der Waals surface area contributed by atoms with Gasteiger partial charge in [-0.1, -0.05) is 94.1 Å². The van der Waals surface area contributed by atoms with Crippen molar-refractivity contribution in [3.8, 4) is 5.75 Å². The molecule has 0 bridgehead atoms. The van der Waals surface area contributed by atoms with Crippen LogP contribution in [0.1, 0.15) is 107 Å². The van der Waals surface area contributed by atoms with Gasteiger partial charge >= 0.3 is 0 Å². The first-order valence-corrected chi connectivity index (χ1v) is 16.0. The maximum Gasteiger partial charge on any atom is 0.122 e. The van der Waals surface area contributed by atoms with Gasteiger partial charge in [-0.05, 0) is 114 Å². The van der Waals surface area contributed by atoms with E-state index in [2.05, 4.69) is 80.2 Å². The number of fused-ring (bicyclic) bond motifs is 1. The van der Waals surface area contributed by atoms with Crippen LogP contribution in [0.5, 0.6) is 5.75 Å². The Hall–Kier alpha value is -2.36. The zero-order valence-electron chi connectivity index (χ0n) is 26.6. The summed E-state index contributed by atoms with van der Waals surface area (Å²) in [7, 11) is 4.05. The second-order valence-electron chi connectivity index (χ2n) is 10.7. The summed E-state index contributed by atoms with van der Waals surface area (Å²) < 4.78 is 5.57. The molecule has 1 aliphatic heterocycles. The van der Waals surface area contributed by atoms with Crippen molar-refractivity contribution >= 4 is 5.57 Å². The Morgan fingerprint density at radius 2 is 1.68 bits per heavy atom. The summed E-state index contributed by atoms with van der Waals surface area (Å²) >= 11 is 0. The van der Waals surface area contributed by atoms with Gasteiger partial charge in [-0.25, -0.2) is 0 Å². The molecule has 2 aromatic rings. The summed E-state index contributed by atoms with van der Waals surface area (Å²) in [6, 6.07) is 16.0. The number of benzene rings is 2. The Morgan fingerprint density at radius 1 is 0.950 bits per heavy atom. The second kappa shape index (κ2) is 23.4. The highest BCUT2D eigenvalue weighted by atomic mass is 16.5. The van der Waals surface area contributed by atoms with Crippen molar-refractivity contribution in [3.05, 3.63) is 84.0 Å². The van der Waals surface area contributed by atoms with E-state index in [1.165, 1.54) is 85.6 Å². The Bertz CT molecular complexity index is 912. The number of rotatable bonds is 11. The number of allylic oxidation sites excluding steroid dienone is 2. The third kappa shape index (κ3) is 15.4. The molecule has 1 saturated carbocycles. The lowest BCUT2D eigenvalue weighted by Crippen LogP contribution is -2.26. The first-order valence-electron chi connectivity index (χ1n) is 16.0. The maximum absolute atomic E-state index is 5.57. The second-order valence-corrected chi connectivity index (χ2v) is 10.7. The number of aryl methyl sites for hydroxylation is 2. The zero-order chi connectivity index (χ0) is 29.4. The van der Waals surface area contributed by atoms with Crippen LogP contribution in [0, 0.1) is 6.92 Å². The van der Waals surface area contributed by atoms with Crippen molar-refractivity contribution in [2.45, 2.75) is 110 Å². The van der Waals surface area contributed by atoms with Gasteiger partial charge < -0.3 is 15.4 Å². The summed E-state index contributed by atoms with van der Waals surface area (Å²) in [5, 5.41) is 6.47. The minimum Gasteiger partial charge on any atom is -0.493 e. The lowest BCUT2D eigenvalue weighted by atomic mass is 9.96. The molecule has 0 amide bonds. The molecule has 0 radical (unpaired) electrons. The van der Waals surface area contributed by atoms with E-state index in [1.807, 2.05) is 27.0 Å². The van der Waals surface area contributed by atoms with Crippen LogP contribution in [0.25, 0.3) is 5.57 Å². The van der Waals surface area contributed by atoms with Gasteiger partial charge in [-0.15, -0.1) is 6.58 Å². The summed E-state index contributed by atoms with van der Waals surface area (Å²) in [4.78, 5) is 0. The average Bonchev–Trinajstić information content (AvgIpc) is 3.02. The highest BCUT2D eigenvalue weighted by Gasteiger charge is 2.10. The number of unbranched alkanes of at least 4 members (excludes halogenated alkanes) is 3. The van der Waals surface area contributed by atoms with E-state index in [-0.39, 0.29) is 0 Å². The summed E-state index contributed by atoms with van der Waals surface area (Å²) in [5.41, 5.74) is 6.64. The fourth-order valence-corrected chi connectivity index (χ4v) is 4.97. The van der Waals surface area contributed by atoms with Crippen molar-refractivity contribution < 1.29 is 4.74 Å². The van der Waals surface area contributed by atoms with Crippen molar-refractivity contribution in [2.24, 2.45) is 0 Å². The molecule has 3 nitrogen and oxygen atoms in total. The molecule has 40 heavy (non-hydrogen) atoms. The van der Waals surface area contributed by atoms with Crippen LogP contribution in [-0.2, 0) is 12.8 Å². The number of hydrogen-bond donors (Lipinski definition) is 2. The third-order valence-electron chi connectivity index (χ3n) is 7.50. The molecule has 0 saturated heterocycles. The molecule has 224 valence electrons. The standard InChI is InChI=1S/C16H22.C12H17NO.C7H15N.C2H6/c1-4-5-6-7-8-9-15(3)16-12-10-14(2)11-13-16;1-13-7-6-10-4-5-12-11(9-10)3-2-8-14-12;1-8-7-5-3-2-4-6-7;1-2/h4,10-13H,1,3,5-9H2,2H3;4-5,9,13H,2-3,6-8H2,1H3;7-8H,2-6H2,1H3;1-2H3. The van der Waals surface area contributed by atoms with Crippen molar-refractivity contribution in [1.29, 1.82) is 0 Å². The lowest BCUT2D eigenvalue weighted by Gasteiger charge is -2.20. The molecule has 2 aliphatic rings. The van der Waals surface area contributed by atoms with Crippen LogP contribution in [0.3, 0.4) is 0 Å². The van der Waals surface area contributed by atoms with Crippen molar-refractivity contribution in [2.75, 3.05) is 27.2 Å². The Kier molecular flexibility index (Phi) is 20.8. The van der Waals surface area contributed by atoms with E-state index in [0.29, 0.717) is 0 Å². The molecule has 1 heterocycles. The monoisotopic (exact) mass is 548 g/mol. The molecule has 1 aliphatic carbocycles. The van der Waals surface area contributed by atoms with E-state index in [0.717, 1.165) is 50.6 Å². The molecular weight excluding hydrogens is 488 g/mol. The molecular formula is C37H60N2O. The van der Waals surface area contributed by atoms with E-state index in [9.17, 15) is 0 Å². The van der Waals surface area contributed by atoms with Gasteiger partial charge in [-0.2, -0.15) is 0 Å². The fraction of sp³-hybridized carbons (Fsp3) is 0.568. The first kappa shape index (κ1) is 35.7. The summed E-state index contributed by atoms with van der Waals surface area (Å²) in [5.74, 6) is 1.09. The Labute approximate surface area is 247 Å². The highest BCUT2D eigenvalue weighted by molar-refractivity contribution is 5.63. The molecule has 0 atom stereocenters. The minimum absolute atomic E-state index is 0.837. The van der Waals surface area contributed by atoms with Gasteiger partial charge in [0.1, 0.15) is 5.75 Å². The zero-order valence-corrected chi connectivity index (χ0v) is 26.6. The maximum atomic E-state index is 5.57. The van der Waals surface area contributed by atoms with Gasteiger partial charge in [0.15, 0.2) is 0 Å². The van der Waals surface area contributed by atoms with Crippen LogP contribution in [0.15, 0.2) is 61.7 Å². The summed E-state index contributed by atoms with van der Waals surface area (Å²) in [6.45, 7) is 15.9. The van der Waals surface area contributed by atoms with Crippen molar-refractivity contribution in [3.63, 3.8) is 0 Å². The molecule has 0 aromatic heterocycles. The number of likely N-dealkylation sites (N-methyl/N-ethyl adjacent to an activating group) is 1. The van der Waals surface area contributed by atoms with Crippen LogP contribution >= 0.6 is 0 Å². The van der Waals surface area contributed by atoms with Gasteiger partial charge in [-0.3, -0.25) is 0 Å². The molecule has 3 heteroatoms. The topological polar surface area (TPSA) is 33.3 Å². The largest absolute Gasteiger partial charge is 0.493 e. The molecule has 0 spiro atoms. The smallest absolute Gasteiger partial charge is 0.122 e. The SMILES string of the molecule is C=CCCCCCC(=C)c1ccc(C)cc1.CC.CNC1CCCCC1.CNCCc1ccc2c(c1)CCCO2. The van der Waals surface area contributed by atoms with E-state index in [4.69, 9.17) is 4.74 Å². The van der Waals surface area contributed by atoms with Gasteiger partial charge in [0.25, 0.3) is 0 Å². The predicted molar refractivity (Wildman–Crippen MR) is 179 cm³/mol. The lowest BCUT2D eigenvalue weighted by molar-refractivity contribution is 0.288. The predicted octanol–water partition coefficient (Wildman–Crippen LogP) is 9.48. The average molecular weight is 549 g/mol. The van der Waals surface area contributed by atoms with Crippen LogP contribution < -0.4 is 15.4 Å². The van der Waals surface area contributed by atoms with Gasteiger partial charge in [0, 0.05) is 6.04 Å². The quantitative estimate of drug-likeness (QED) is 0.217. The van der Waals surface area contributed by atoms with E-state index in [1.54, 1.807) is 0 Å². The molecule has 2 aromatic carbocycles. The van der Waals surface area contributed by atoms with Crippen LogP contribution in [-0.4, -0.2) is 33.3 Å². The number of ether oxygens (including phenoxy) is 1. The van der Waals surface area contributed by atoms with E-state index < -0.39 is 0 Å². The molecule has 4 rings (SSSR count). The summed E-state index contributed by atoms with van der Waals surface area (Å²) in [6.07, 6.45) is 18.6. The Balaban J connectivity index is 0.000000304. The number of nitrogens with one attached hydrogen (secondary N) is 2. The van der Waals surface area contributed by atoms with Crippen LogP contribution in [0.2, 0.25) is 0 Å². The van der Waals surface area contributed by atoms with E-state index >= 15 is 0 Å². The number of hydrogen-bond acceptors (Lipinski definition) is 3. The Morgan fingerprint density at radius 3 is 2.30 bits per heavy atom. The molecule has 1 fully saturated rings. The molecule has 0 unspecified atom stereocenters. The van der Waals surface area contributed by atoms with Crippen molar-refractivity contribution in [1.82, 2.24) is 10.6 Å². The normalized spacial score (nSPS) is 14.0. The molecule has 2 N–H and O–H groups in total. The van der Waals surface area contributed by atoms with Gasteiger partial charge in [0.05, 0.1) is 6.61 Å². The first-order chi connectivity index (χ1) is 19.6. The highest BCUT2D eigenvalue weighted by Crippen LogP contribution is 2.25. The fourth-order valence-electron chi connectivity index (χ4n) is 4.97. The third-order valence-corrected chi connectivity index (χ3v) is 7.50. The minimum atomic E-state index is 0.837. The van der Waals surface area contributed by atoms with Gasteiger partial charge in [0.2, 0.25) is 0 Å².